The number of nitrogens with zero attached hydrogens (tertiary/aromatic N) is 1. The zero-order valence-corrected chi connectivity index (χ0v) is 13.1. The summed E-state index contributed by atoms with van der Waals surface area (Å²) in [6.45, 7) is 2.30. The number of hydrogen-bond acceptors (Lipinski definition) is 2. The molecule has 0 unspecified atom stereocenters. The molecule has 0 aromatic rings. The van der Waals surface area contributed by atoms with Crippen LogP contribution in [0.2, 0.25) is 0 Å². The molecule has 21 heavy (non-hydrogen) atoms. The highest BCUT2D eigenvalue weighted by Crippen LogP contribution is 2.61. The lowest BCUT2D eigenvalue weighted by atomic mass is 9.49. The van der Waals surface area contributed by atoms with Crippen LogP contribution in [-0.2, 0) is 4.79 Å². The predicted molar refractivity (Wildman–Crippen MR) is 82.0 cm³/mol. The first-order valence-corrected chi connectivity index (χ1v) is 9.04. The van der Waals surface area contributed by atoms with E-state index >= 15 is 0 Å². The molecule has 0 heterocycles. The normalized spacial score (nSPS) is 40.9. The summed E-state index contributed by atoms with van der Waals surface area (Å²) >= 11 is 0. The maximum atomic E-state index is 11.1. The molecular weight excluding hydrogens is 262 g/mol. The van der Waals surface area contributed by atoms with E-state index in [0.717, 1.165) is 36.8 Å². The van der Waals surface area contributed by atoms with Crippen LogP contribution < -0.4 is 0 Å². The van der Waals surface area contributed by atoms with E-state index < -0.39 is 5.97 Å². The van der Waals surface area contributed by atoms with Crippen molar-refractivity contribution in [3.8, 4) is 0 Å². The van der Waals surface area contributed by atoms with Crippen molar-refractivity contribution in [2.45, 2.75) is 57.8 Å². The van der Waals surface area contributed by atoms with Gasteiger partial charge in [0.15, 0.2) is 0 Å². The van der Waals surface area contributed by atoms with Gasteiger partial charge in [-0.1, -0.05) is 0 Å². The second kappa shape index (κ2) is 5.26. The van der Waals surface area contributed by atoms with Crippen LogP contribution in [0.15, 0.2) is 0 Å². The Balaban J connectivity index is 1.36. The first-order chi connectivity index (χ1) is 10.1. The Bertz CT molecular complexity index is 380. The molecule has 5 saturated carbocycles. The Morgan fingerprint density at radius 2 is 1.62 bits per heavy atom. The topological polar surface area (TPSA) is 40.5 Å². The zero-order valence-electron chi connectivity index (χ0n) is 13.1. The van der Waals surface area contributed by atoms with E-state index in [1.807, 2.05) is 0 Å². The van der Waals surface area contributed by atoms with E-state index in [-0.39, 0.29) is 6.54 Å². The van der Waals surface area contributed by atoms with Gasteiger partial charge in [-0.25, -0.2) is 0 Å². The Labute approximate surface area is 128 Å². The highest BCUT2D eigenvalue weighted by Gasteiger charge is 2.50. The molecule has 3 nitrogen and oxygen atoms in total. The molecule has 118 valence electrons. The summed E-state index contributed by atoms with van der Waals surface area (Å²) in [5.74, 6) is 3.16. The first-order valence-electron chi connectivity index (χ1n) is 9.04. The average molecular weight is 291 g/mol. The second-order valence-electron chi connectivity index (χ2n) is 8.74. The third-order valence-corrected chi connectivity index (χ3v) is 6.70. The van der Waals surface area contributed by atoms with Crippen LogP contribution in [0.5, 0.6) is 0 Å². The molecule has 0 atom stereocenters. The number of carboxylic acid groups (broad SMARTS) is 1. The fourth-order valence-corrected chi connectivity index (χ4v) is 6.08. The molecule has 5 aliphatic carbocycles. The number of hydrogen-bond donors (Lipinski definition) is 1. The van der Waals surface area contributed by atoms with E-state index in [2.05, 4.69) is 4.90 Å². The molecule has 5 fully saturated rings. The van der Waals surface area contributed by atoms with Gasteiger partial charge in [-0.3, -0.25) is 9.69 Å². The lowest BCUT2D eigenvalue weighted by Crippen LogP contribution is -2.47. The summed E-state index contributed by atoms with van der Waals surface area (Å²) in [7, 11) is 0. The molecule has 0 spiro atoms. The van der Waals surface area contributed by atoms with Crippen molar-refractivity contribution in [1.82, 2.24) is 4.90 Å². The molecule has 1 N–H and O–H groups in total. The zero-order chi connectivity index (χ0) is 14.4. The lowest BCUT2D eigenvalue weighted by molar-refractivity contribution is -0.138. The van der Waals surface area contributed by atoms with Crippen molar-refractivity contribution in [3.63, 3.8) is 0 Å². The van der Waals surface area contributed by atoms with Crippen LogP contribution in [0.1, 0.15) is 57.8 Å². The van der Waals surface area contributed by atoms with Gasteiger partial charge in [0.2, 0.25) is 0 Å². The molecule has 5 aliphatic rings. The minimum atomic E-state index is -0.652. The molecular formula is C18H29NO2. The maximum absolute atomic E-state index is 11.1. The first kappa shape index (κ1) is 14.0. The van der Waals surface area contributed by atoms with Gasteiger partial charge in [0, 0.05) is 6.54 Å². The fourth-order valence-electron chi connectivity index (χ4n) is 6.08. The van der Waals surface area contributed by atoms with Gasteiger partial charge in [-0.15, -0.1) is 0 Å². The molecule has 0 aromatic heterocycles. The minimum absolute atomic E-state index is 0.253. The van der Waals surface area contributed by atoms with Crippen molar-refractivity contribution in [2.24, 2.45) is 29.1 Å². The highest BCUT2D eigenvalue weighted by atomic mass is 16.4. The number of aliphatic carboxylic acids is 1. The quantitative estimate of drug-likeness (QED) is 0.781. The minimum Gasteiger partial charge on any atom is -0.480 e. The van der Waals surface area contributed by atoms with Gasteiger partial charge in [-0.2, -0.15) is 0 Å². The van der Waals surface area contributed by atoms with E-state index in [4.69, 9.17) is 5.11 Å². The summed E-state index contributed by atoms with van der Waals surface area (Å²) in [4.78, 5) is 13.3. The number of carbonyl (C=O) groups is 1. The Hall–Kier alpha value is -0.570. The van der Waals surface area contributed by atoms with Gasteiger partial charge >= 0.3 is 5.97 Å². The average Bonchev–Trinajstić information content (AvgIpc) is 3.18. The Kier molecular flexibility index (Phi) is 3.52. The number of carboxylic acids is 1. The molecule has 0 radical (unpaired) electrons. The second-order valence-corrected chi connectivity index (χ2v) is 8.74. The molecule has 0 aromatic carbocycles. The van der Waals surface area contributed by atoms with Crippen LogP contribution in [-0.4, -0.2) is 35.6 Å². The van der Waals surface area contributed by atoms with E-state index in [0.29, 0.717) is 5.41 Å². The Morgan fingerprint density at radius 1 is 1.05 bits per heavy atom. The van der Waals surface area contributed by atoms with Crippen LogP contribution in [0.4, 0.5) is 0 Å². The summed E-state index contributed by atoms with van der Waals surface area (Å²) in [5, 5.41) is 9.14. The molecule has 5 rings (SSSR count). The van der Waals surface area contributed by atoms with Crippen molar-refractivity contribution >= 4 is 5.97 Å². The van der Waals surface area contributed by atoms with E-state index in [9.17, 15) is 4.79 Å². The fraction of sp³-hybridized carbons (Fsp3) is 0.944. The smallest absolute Gasteiger partial charge is 0.317 e. The molecule has 4 bridgehead atoms. The van der Waals surface area contributed by atoms with Crippen molar-refractivity contribution < 1.29 is 9.90 Å². The molecule has 3 heteroatoms. The van der Waals surface area contributed by atoms with Crippen molar-refractivity contribution in [2.75, 3.05) is 19.6 Å². The van der Waals surface area contributed by atoms with Crippen LogP contribution in [0, 0.1) is 29.1 Å². The van der Waals surface area contributed by atoms with Crippen LogP contribution in [0.25, 0.3) is 0 Å². The van der Waals surface area contributed by atoms with Crippen LogP contribution >= 0.6 is 0 Å². The van der Waals surface area contributed by atoms with E-state index in [1.165, 1.54) is 57.8 Å². The summed E-state index contributed by atoms with van der Waals surface area (Å²) in [5.41, 5.74) is 0.592. The SMILES string of the molecule is O=C(O)CN(CCC12CC3CC(CC(C3)C1)C2)CC1CC1. The molecule has 0 saturated heterocycles. The summed E-state index contributed by atoms with van der Waals surface area (Å²) in [6, 6.07) is 0. The van der Waals surface area contributed by atoms with Gasteiger partial charge < -0.3 is 5.11 Å². The van der Waals surface area contributed by atoms with Gasteiger partial charge in [-0.05, 0) is 93.4 Å². The number of rotatable bonds is 7. The third-order valence-electron chi connectivity index (χ3n) is 6.70. The predicted octanol–water partition coefficient (Wildman–Crippen LogP) is 3.39. The van der Waals surface area contributed by atoms with Gasteiger partial charge in [0.1, 0.15) is 0 Å². The highest BCUT2D eigenvalue weighted by molar-refractivity contribution is 5.69. The summed E-state index contributed by atoms with van der Waals surface area (Å²) < 4.78 is 0. The largest absolute Gasteiger partial charge is 0.480 e. The van der Waals surface area contributed by atoms with Gasteiger partial charge in [0.05, 0.1) is 6.54 Å². The van der Waals surface area contributed by atoms with Crippen molar-refractivity contribution in [3.05, 3.63) is 0 Å². The lowest BCUT2D eigenvalue weighted by Gasteiger charge is -2.57. The maximum Gasteiger partial charge on any atom is 0.317 e. The van der Waals surface area contributed by atoms with E-state index in [1.54, 1.807) is 0 Å². The van der Waals surface area contributed by atoms with Crippen LogP contribution in [0.3, 0.4) is 0 Å². The molecule has 0 aliphatic heterocycles. The van der Waals surface area contributed by atoms with Gasteiger partial charge in [0.25, 0.3) is 0 Å². The van der Waals surface area contributed by atoms with Crippen molar-refractivity contribution in [1.29, 1.82) is 0 Å². The summed E-state index contributed by atoms with van der Waals surface area (Å²) in [6.07, 6.45) is 12.7. The standard InChI is InChI=1S/C18H29NO2/c20-17(21)12-19(11-13-1-2-13)4-3-18-8-14-5-15(9-18)7-16(6-14)10-18/h13-16H,1-12H2,(H,20,21). The monoisotopic (exact) mass is 291 g/mol. The molecule has 0 amide bonds. The Morgan fingerprint density at radius 3 is 2.10 bits per heavy atom. The third kappa shape index (κ3) is 3.13.